The van der Waals surface area contributed by atoms with E-state index in [0.717, 1.165) is 23.3 Å². The van der Waals surface area contributed by atoms with Crippen LogP contribution in [0.15, 0.2) is 18.2 Å². The van der Waals surface area contributed by atoms with Crippen LogP contribution < -0.4 is 5.73 Å². The van der Waals surface area contributed by atoms with Crippen LogP contribution in [0.1, 0.15) is 11.4 Å². The van der Waals surface area contributed by atoms with Gasteiger partial charge in [-0.05, 0) is 37.6 Å². The molecular formula is C10H15Cl2N3. The van der Waals surface area contributed by atoms with Crippen LogP contribution in [0.25, 0.3) is 11.0 Å². The highest BCUT2D eigenvalue weighted by Crippen LogP contribution is 2.13. The monoisotopic (exact) mass is 247 g/mol. The molecule has 1 aromatic carbocycles. The maximum absolute atomic E-state index is 5.48. The number of aromatic amines is 1. The fourth-order valence-corrected chi connectivity index (χ4v) is 1.51. The van der Waals surface area contributed by atoms with Gasteiger partial charge in [-0.2, -0.15) is 0 Å². The molecule has 84 valence electrons. The zero-order valence-electron chi connectivity index (χ0n) is 8.49. The van der Waals surface area contributed by atoms with E-state index in [1.165, 1.54) is 5.56 Å². The number of benzene rings is 1. The lowest BCUT2D eigenvalue weighted by Crippen LogP contribution is -2.02. The third kappa shape index (κ3) is 3.09. The van der Waals surface area contributed by atoms with Crippen LogP contribution >= 0.6 is 24.8 Å². The van der Waals surface area contributed by atoms with Gasteiger partial charge in [0, 0.05) is 0 Å². The summed E-state index contributed by atoms with van der Waals surface area (Å²) in [7, 11) is 0. The fourth-order valence-electron chi connectivity index (χ4n) is 1.51. The minimum Gasteiger partial charge on any atom is -0.342 e. The van der Waals surface area contributed by atoms with E-state index in [4.69, 9.17) is 5.73 Å². The predicted molar refractivity (Wildman–Crippen MR) is 68.1 cm³/mol. The number of nitrogens with one attached hydrogen (secondary N) is 1. The molecule has 15 heavy (non-hydrogen) atoms. The molecule has 0 saturated carbocycles. The first-order valence-corrected chi connectivity index (χ1v) is 4.45. The number of H-pyrrole nitrogens is 1. The van der Waals surface area contributed by atoms with E-state index >= 15 is 0 Å². The van der Waals surface area contributed by atoms with Gasteiger partial charge in [-0.1, -0.05) is 6.07 Å². The molecule has 0 aliphatic carbocycles. The molecule has 5 heteroatoms. The average Bonchev–Trinajstić information content (AvgIpc) is 2.44. The van der Waals surface area contributed by atoms with E-state index in [-0.39, 0.29) is 24.8 Å². The van der Waals surface area contributed by atoms with Crippen molar-refractivity contribution in [3.8, 4) is 0 Å². The number of imidazole rings is 1. The van der Waals surface area contributed by atoms with Gasteiger partial charge in [-0.25, -0.2) is 4.98 Å². The van der Waals surface area contributed by atoms with Crippen LogP contribution in [0.2, 0.25) is 0 Å². The van der Waals surface area contributed by atoms with Crippen molar-refractivity contribution in [1.29, 1.82) is 0 Å². The van der Waals surface area contributed by atoms with E-state index in [0.29, 0.717) is 6.54 Å². The Bertz CT molecular complexity index is 426. The molecule has 3 N–H and O–H groups in total. The van der Waals surface area contributed by atoms with E-state index in [2.05, 4.69) is 22.1 Å². The molecule has 3 nitrogen and oxygen atoms in total. The summed E-state index contributed by atoms with van der Waals surface area (Å²) in [5.41, 5.74) is 8.87. The van der Waals surface area contributed by atoms with Crippen LogP contribution in [0, 0.1) is 6.92 Å². The van der Waals surface area contributed by atoms with Gasteiger partial charge in [0.2, 0.25) is 0 Å². The maximum atomic E-state index is 5.48. The lowest BCUT2D eigenvalue weighted by Gasteiger charge is -1.96. The summed E-state index contributed by atoms with van der Waals surface area (Å²) >= 11 is 0. The summed E-state index contributed by atoms with van der Waals surface area (Å²) < 4.78 is 0. The molecule has 0 aliphatic heterocycles. The smallest absolute Gasteiger partial charge is 0.104 e. The molecule has 0 unspecified atom stereocenters. The second-order valence-corrected chi connectivity index (χ2v) is 3.21. The van der Waals surface area contributed by atoms with Crippen molar-refractivity contribution in [2.45, 2.75) is 13.3 Å². The molecular weight excluding hydrogens is 233 g/mol. The standard InChI is InChI=1S/C10H13N3.2ClH/c1-7-12-9-3-2-8(4-5-11)6-10(9)13-7;;/h2-3,6H,4-5,11H2,1H3,(H,12,13);2*1H. The molecule has 0 radical (unpaired) electrons. The quantitative estimate of drug-likeness (QED) is 0.856. The first-order chi connectivity index (χ1) is 6.29. The van der Waals surface area contributed by atoms with Crippen LogP contribution in [-0.2, 0) is 6.42 Å². The molecule has 0 fully saturated rings. The second kappa shape index (κ2) is 5.95. The molecule has 2 aromatic rings. The van der Waals surface area contributed by atoms with Crippen LogP contribution in [0.4, 0.5) is 0 Å². The largest absolute Gasteiger partial charge is 0.342 e. The lowest BCUT2D eigenvalue weighted by molar-refractivity contribution is 0.970. The summed E-state index contributed by atoms with van der Waals surface area (Å²) in [5.74, 6) is 0.958. The van der Waals surface area contributed by atoms with Crippen molar-refractivity contribution in [3.05, 3.63) is 29.6 Å². The summed E-state index contributed by atoms with van der Waals surface area (Å²) in [6, 6.07) is 6.22. The average molecular weight is 248 g/mol. The fraction of sp³-hybridized carbons (Fsp3) is 0.300. The van der Waals surface area contributed by atoms with Crippen LogP contribution in [0.3, 0.4) is 0 Å². The van der Waals surface area contributed by atoms with Crippen molar-refractivity contribution in [2.75, 3.05) is 6.54 Å². The molecule has 0 bridgehead atoms. The number of nitrogens with zero attached hydrogens (tertiary/aromatic N) is 1. The Kier molecular flexibility index (Phi) is 5.65. The second-order valence-electron chi connectivity index (χ2n) is 3.21. The van der Waals surface area contributed by atoms with Crippen LogP contribution in [-0.4, -0.2) is 16.5 Å². The summed E-state index contributed by atoms with van der Waals surface area (Å²) in [6.07, 6.45) is 0.925. The number of nitrogens with two attached hydrogens (primary N) is 1. The summed E-state index contributed by atoms with van der Waals surface area (Å²) in [5, 5.41) is 0. The number of hydrogen-bond donors (Lipinski definition) is 2. The van der Waals surface area contributed by atoms with Crippen molar-refractivity contribution >= 4 is 35.8 Å². The topological polar surface area (TPSA) is 54.7 Å². The Morgan fingerprint density at radius 1 is 1.33 bits per heavy atom. The molecule has 0 amide bonds. The zero-order chi connectivity index (χ0) is 9.26. The number of aromatic nitrogens is 2. The minimum absolute atomic E-state index is 0. The number of fused-ring (bicyclic) bond motifs is 1. The molecule has 1 aromatic heterocycles. The van der Waals surface area contributed by atoms with Crippen LogP contribution in [0.5, 0.6) is 0 Å². The van der Waals surface area contributed by atoms with Gasteiger partial charge < -0.3 is 10.7 Å². The van der Waals surface area contributed by atoms with Crippen molar-refractivity contribution in [2.24, 2.45) is 5.73 Å². The van der Waals surface area contributed by atoms with E-state index in [1.807, 2.05) is 13.0 Å². The highest BCUT2D eigenvalue weighted by atomic mass is 35.5. The highest BCUT2D eigenvalue weighted by molar-refractivity contribution is 5.85. The Morgan fingerprint density at radius 2 is 2.07 bits per heavy atom. The Hall–Kier alpha value is -0.770. The third-order valence-corrected chi connectivity index (χ3v) is 2.10. The van der Waals surface area contributed by atoms with E-state index < -0.39 is 0 Å². The van der Waals surface area contributed by atoms with Gasteiger partial charge >= 0.3 is 0 Å². The van der Waals surface area contributed by atoms with Crippen molar-refractivity contribution in [1.82, 2.24) is 9.97 Å². The third-order valence-electron chi connectivity index (χ3n) is 2.10. The van der Waals surface area contributed by atoms with Crippen molar-refractivity contribution < 1.29 is 0 Å². The van der Waals surface area contributed by atoms with Gasteiger partial charge in [0.25, 0.3) is 0 Å². The highest BCUT2D eigenvalue weighted by Gasteiger charge is 1.99. The minimum atomic E-state index is 0. The lowest BCUT2D eigenvalue weighted by atomic mass is 10.1. The summed E-state index contributed by atoms with van der Waals surface area (Å²) in [4.78, 5) is 7.53. The van der Waals surface area contributed by atoms with Gasteiger partial charge in [0.1, 0.15) is 5.82 Å². The molecule has 0 atom stereocenters. The molecule has 0 spiro atoms. The van der Waals surface area contributed by atoms with Gasteiger partial charge in [0.15, 0.2) is 0 Å². The molecule has 1 heterocycles. The van der Waals surface area contributed by atoms with Gasteiger partial charge in [0.05, 0.1) is 11.0 Å². The first kappa shape index (κ1) is 14.2. The molecule has 2 rings (SSSR count). The van der Waals surface area contributed by atoms with E-state index in [1.54, 1.807) is 0 Å². The number of hydrogen-bond acceptors (Lipinski definition) is 2. The normalized spacial score (nSPS) is 9.47. The number of aryl methyl sites for hydroxylation is 1. The van der Waals surface area contributed by atoms with Gasteiger partial charge in [-0.3, -0.25) is 0 Å². The Morgan fingerprint density at radius 3 is 2.73 bits per heavy atom. The Labute approximate surface area is 101 Å². The van der Waals surface area contributed by atoms with E-state index in [9.17, 15) is 0 Å². The summed E-state index contributed by atoms with van der Waals surface area (Å²) in [6.45, 7) is 2.65. The van der Waals surface area contributed by atoms with Crippen molar-refractivity contribution in [3.63, 3.8) is 0 Å². The first-order valence-electron chi connectivity index (χ1n) is 4.45. The predicted octanol–water partition coefficient (Wildman–Crippen LogP) is 2.22. The zero-order valence-corrected chi connectivity index (χ0v) is 10.1. The Balaban J connectivity index is 0.000000980. The van der Waals surface area contributed by atoms with Gasteiger partial charge in [-0.15, -0.1) is 24.8 Å². The maximum Gasteiger partial charge on any atom is 0.104 e. The number of rotatable bonds is 2. The number of halogens is 2. The molecule has 0 saturated heterocycles. The molecule has 0 aliphatic rings. The SMILES string of the molecule is Cc1nc2ccc(CCN)cc2[nH]1.Cl.Cl.